The molecular formula is C16H23NO3. The molecule has 0 aliphatic carbocycles. The molecule has 0 bridgehead atoms. The lowest BCUT2D eigenvalue weighted by atomic mass is 9.95. The second-order valence-corrected chi connectivity index (χ2v) is 5.45. The fraction of sp³-hybridized carbons (Fsp3) is 0.562. The van der Waals surface area contributed by atoms with Gasteiger partial charge in [-0.15, -0.1) is 0 Å². The molecule has 0 saturated carbocycles. The minimum absolute atomic E-state index is 0.131. The van der Waals surface area contributed by atoms with Crippen molar-refractivity contribution < 1.29 is 14.6 Å². The predicted molar refractivity (Wildman–Crippen MR) is 78.2 cm³/mol. The van der Waals surface area contributed by atoms with Gasteiger partial charge in [-0.25, -0.2) is 0 Å². The Morgan fingerprint density at radius 1 is 1.45 bits per heavy atom. The molecule has 0 radical (unpaired) electrons. The summed E-state index contributed by atoms with van der Waals surface area (Å²) >= 11 is 0. The Hall–Kier alpha value is -1.39. The maximum atomic E-state index is 12.5. The molecule has 4 heteroatoms. The lowest BCUT2D eigenvalue weighted by Crippen LogP contribution is -2.45. The molecular weight excluding hydrogens is 254 g/mol. The van der Waals surface area contributed by atoms with Crippen LogP contribution < -0.4 is 4.74 Å². The number of aliphatic hydroxyl groups is 1. The van der Waals surface area contributed by atoms with Gasteiger partial charge in [0.1, 0.15) is 5.75 Å². The molecule has 20 heavy (non-hydrogen) atoms. The van der Waals surface area contributed by atoms with Crippen molar-refractivity contribution >= 4 is 5.78 Å². The van der Waals surface area contributed by atoms with Crippen LogP contribution in [0.3, 0.4) is 0 Å². The Morgan fingerprint density at radius 3 is 2.75 bits per heavy atom. The normalized spacial score (nSPS) is 21.4. The van der Waals surface area contributed by atoms with E-state index in [1.807, 2.05) is 31.2 Å². The largest absolute Gasteiger partial charge is 0.497 e. The van der Waals surface area contributed by atoms with Crippen LogP contribution in [0, 0.1) is 5.92 Å². The number of nitrogens with zero attached hydrogens (tertiary/aromatic N) is 1. The maximum absolute atomic E-state index is 12.5. The molecule has 1 aliphatic rings. The van der Waals surface area contributed by atoms with E-state index in [4.69, 9.17) is 4.74 Å². The summed E-state index contributed by atoms with van der Waals surface area (Å²) in [5.41, 5.74) is 0.712. The number of carbonyl (C=O) groups is 1. The van der Waals surface area contributed by atoms with Gasteiger partial charge in [-0.2, -0.15) is 0 Å². The summed E-state index contributed by atoms with van der Waals surface area (Å²) in [6.45, 7) is 3.89. The first kappa shape index (κ1) is 15.0. The van der Waals surface area contributed by atoms with Crippen molar-refractivity contribution in [2.24, 2.45) is 5.92 Å². The van der Waals surface area contributed by atoms with Crippen LogP contribution in [0.5, 0.6) is 5.75 Å². The number of Topliss-reactive ketones (excluding diaryl/α,β-unsaturated/α-hetero) is 1. The standard InChI is InChI=1S/C16H23NO3/c1-12(17-9-3-4-13(10-17)11-18)16(19)14-5-7-15(20-2)8-6-14/h5-8,12-13,18H,3-4,9-11H2,1-2H3. The highest BCUT2D eigenvalue weighted by Crippen LogP contribution is 2.20. The summed E-state index contributed by atoms with van der Waals surface area (Å²) in [4.78, 5) is 14.7. The SMILES string of the molecule is COc1ccc(C(=O)C(C)N2CCCC(CO)C2)cc1. The van der Waals surface area contributed by atoms with Crippen LogP contribution in [0.2, 0.25) is 0 Å². The third-order valence-electron chi connectivity index (χ3n) is 4.11. The molecule has 1 fully saturated rings. The van der Waals surface area contributed by atoms with Crippen molar-refractivity contribution in [3.8, 4) is 5.75 Å². The third kappa shape index (κ3) is 3.38. The van der Waals surface area contributed by atoms with Crippen molar-refractivity contribution in [2.75, 3.05) is 26.8 Å². The second kappa shape index (κ2) is 6.86. The molecule has 1 aromatic carbocycles. The minimum atomic E-state index is -0.141. The van der Waals surface area contributed by atoms with Crippen LogP contribution in [-0.4, -0.2) is 48.6 Å². The number of ether oxygens (including phenoxy) is 1. The summed E-state index contributed by atoms with van der Waals surface area (Å²) in [5, 5.41) is 9.28. The summed E-state index contributed by atoms with van der Waals surface area (Å²) in [6.07, 6.45) is 2.10. The van der Waals surface area contributed by atoms with E-state index in [1.54, 1.807) is 7.11 Å². The Balaban J connectivity index is 2.03. The van der Waals surface area contributed by atoms with Crippen LogP contribution in [0.25, 0.3) is 0 Å². The van der Waals surface area contributed by atoms with Gasteiger partial charge in [-0.1, -0.05) is 0 Å². The highest BCUT2D eigenvalue weighted by molar-refractivity contribution is 5.99. The van der Waals surface area contributed by atoms with Gasteiger partial charge in [0.2, 0.25) is 0 Å². The van der Waals surface area contributed by atoms with E-state index in [0.29, 0.717) is 11.5 Å². The average molecular weight is 277 g/mol. The number of rotatable bonds is 5. The van der Waals surface area contributed by atoms with Gasteiger partial charge in [0.15, 0.2) is 5.78 Å². The zero-order valence-corrected chi connectivity index (χ0v) is 12.2. The van der Waals surface area contributed by atoms with Crippen molar-refractivity contribution in [3.63, 3.8) is 0 Å². The quantitative estimate of drug-likeness (QED) is 0.836. The van der Waals surface area contributed by atoms with E-state index in [0.717, 1.165) is 31.7 Å². The summed E-state index contributed by atoms with van der Waals surface area (Å²) in [5.74, 6) is 1.19. The van der Waals surface area contributed by atoms with Crippen molar-refractivity contribution in [1.29, 1.82) is 0 Å². The molecule has 0 spiro atoms. The fourth-order valence-corrected chi connectivity index (χ4v) is 2.76. The molecule has 4 nitrogen and oxygen atoms in total. The first-order chi connectivity index (χ1) is 9.65. The number of benzene rings is 1. The average Bonchev–Trinajstić information content (AvgIpc) is 2.53. The fourth-order valence-electron chi connectivity index (χ4n) is 2.76. The summed E-state index contributed by atoms with van der Waals surface area (Å²) < 4.78 is 5.10. The monoisotopic (exact) mass is 277 g/mol. The van der Waals surface area contributed by atoms with Crippen LogP contribution in [0.4, 0.5) is 0 Å². The zero-order chi connectivity index (χ0) is 14.5. The lowest BCUT2D eigenvalue weighted by Gasteiger charge is -2.35. The van der Waals surface area contributed by atoms with Crippen LogP contribution in [-0.2, 0) is 0 Å². The highest BCUT2D eigenvalue weighted by atomic mass is 16.5. The van der Waals surface area contributed by atoms with E-state index in [-0.39, 0.29) is 18.4 Å². The number of hydrogen-bond acceptors (Lipinski definition) is 4. The Labute approximate surface area is 120 Å². The molecule has 1 aromatic rings. The number of likely N-dealkylation sites (tertiary alicyclic amines) is 1. The Bertz CT molecular complexity index is 444. The number of ketones is 1. The first-order valence-electron chi connectivity index (χ1n) is 7.19. The van der Waals surface area contributed by atoms with E-state index in [9.17, 15) is 9.90 Å². The smallest absolute Gasteiger partial charge is 0.179 e. The molecule has 0 amide bonds. The van der Waals surface area contributed by atoms with Gasteiger partial charge in [-0.3, -0.25) is 9.69 Å². The van der Waals surface area contributed by atoms with E-state index in [1.165, 1.54) is 0 Å². The van der Waals surface area contributed by atoms with Gasteiger partial charge >= 0.3 is 0 Å². The molecule has 1 saturated heterocycles. The van der Waals surface area contributed by atoms with Gasteiger partial charge in [0.05, 0.1) is 13.2 Å². The predicted octanol–water partition coefficient (Wildman–Crippen LogP) is 1.97. The molecule has 2 rings (SSSR count). The molecule has 0 aromatic heterocycles. The third-order valence-corrected chi connectivity index (χ3v) is 4.11. The molecule has 1 heterocycles. The maximum Gasteiger partial charge on any atom is 0.179 e. The number of methoxy groups -OCH3 is 1. The van der Waals surface area contributed by atoms with Crippen molar-refractivity contribution in [2.45, 2.75) is 25.8 Å². The Kier molecular flexibility index (Phi) is 5.15. The summed E-state index contributed by atoms with van der Waals surface area (Å²) in [7, 11) is 1.61. The van der Waals surface area contributed by atoms with Gasteiger partial charge in [0.25, 0.3) is 0 Å². The highest BCUT2D eigenvalue weighted by Gasteiger charge is 2.27. The number of hydrogen-bond donors (Lipinski definition) is 1. The van der Waals surface area contributed by atoms with Crippen molar-refractivity contribution in [1.82, 2.24) is 4.90 Å². The minimum Gasteiger partial charge on any atom is -0.497 e. The van der Waals surface area contributed by atoms with E-state index >= 15 is 0 Å². The van der Waals surface area contributed by atoms with Crippen LogP contribution in [0.1, 0.15) is 30.1 Å². The van der Waals surface area contributed by atoms with Crippen LogP contribution >= 0.6 is 0 Å². The number of piperidine rings is 1. The lowest BCUT2D eigenvalue weighted by molar-refractivity contribution is 0.0673. The number of carbonyl (C=O) groups excluding carboxylic acids is 1. The van der Waals surface area contributed by atoms with Gasteiger partial charge in [-0.05, 0) is 56.5 Å². The molecule has 1 aliphatic heterocycles. The van der Waals surface area contributed by atoms with Gasteiger partial charge in [0, 0.05) is 18.7 Å². The molecule has 2 atom stereocenters. The second-order valence-electron chi connectivity index (χ2n) is 5.45. The topological polar surface area (TPSA) is 49.8 Å². The zero-order valence-electron chi connectivity index (χ0n) is 12.2. The van der Waals surface area contributed by atoms with Crippen molar-refractivity contribution in [3.05, 3.63) is 29.8 Å². The van der Waals surface area contributed by atoms with Crippen LogP contribution in [0.15, 0.2) is 24.3 Å². The summed E-state index contributed by atoms with van der Waals surface area (Å²) in [6, 6.07) is 7.10. The van der Waals surface area contributed by atoms with E-state index in [2.05, 4.69) is 4.90 Å². The first-order valence-corrected chi connectivity index (χ1v) is 7.19. The Morgan fingerprint density at radius 2 is 2.15 bits per heavy atom. The van der Waals surface area contributed by atoms with Gasteiger partial charge < -0.3 is 9.84 Å². The molecule has 2 unspecified atom stereocenters. The number of aliphatic hydroxyl groups excluding tert-OH is 1. The van der Waals surface area contributed by atoms with E-state index < -0.39 is 0 Å². The molecule has 1 N–H and O–H groups in total. The molecule has 110 valence electrons.